The molecule has 0 spiro atoms. The minimum absolute atomic E-state index is 0.283. The van der Waals surface area contributed by atoms with Crippen molar-refractivity contribution in [3.05, 3.63) is 0 Å². The van der Waals surface area contributed by atoms with Gasteiger partial charge in [-0.15, -0.1) is 0 Å². The van der Waals surface area contributed by atoms with Gasteiger partial charge in [0, 0.05) is 31.8 Å². The topological polar surface area (TPSA) is 38.5 Å². The van der Waals surface area contributed by atoms with Gasteiger partial charge >= 0.3 is 0 Å². The van der Waals surface area contributed by atoms with Crippen LogP contribution in [0.25, 0.3) is 0 Å². The molecular weight excluding hydrogens is 224 g/mol. The van der Waals surface area contributed by atoms with E-state index in [0.29, 0.717) is 6.10 Å². The van der Waals surface area contributed by atoms with Crippen molar-refractivity contribution in [2.75, 3.05) is 26.2 Å². The van der Waals surface area contributed by atoms with Crippen LogP contribution < -0.4 is 5.73 Å². The summed E-state index contributed by atoms with van der Waals surface area (Å²) in [6.07, 6.45) is 8.56. The molecule has 104 valence electrons. The van der Waals surface area contributed by atoms with E-state index in [2.05, 4.69) is 11.8 Å². The highest BCUT2D eigenvalue weighted by atomic mass is 16.5. The van der Waals surface area contributed by atoms with Crippen molar-refractivity contribution >= 4 is 0 Å². The van der Waals surface area contributed by atoms with Gasteiger partial charge in [-0.25, -0.2) is 0 Å². The number of hydrogen-bond acceptors (Lipinski definition) is 3. The lowest BCUT2D eigenvalue weighted by molar-refractivity contribution is -0.103. The van der Waals surface area contributed by atoms with Crippen molar-refractivity contribution in [3.63, 3.8) is 0 Å². The lowest BCUT2D eigenvalue weighted by Gasteiger charge is -2.54. The average molecular weight is 252 g/mol. The van der Waals surface area contributed by atoms with Crippen molar-refractivity contribution in [1.82, 2.24) is 4.90 Å². The normalized spacial score (nSPS) is 35.8. The fourth-order valence-corrected chi connectivity index (χ4v) is 3.38. The summed E-state index contributed by atoms with van der Waals surface area (Å²) in [4.78, 5) is 2.75. The smallest absolute Gasteiger partial charge is 0.0611 e. The second-order valence-corrected chi connectivity index (χ2v) is 6.71. The van der Waals surface area contributed by atoms with Gasteiger partial charge in [-0.2, -0.15) is 0 Å². The summed E-state index contributed by atoms with van der Waals surface area (Å²) < 4.78 is 5.74. The van der Waals surface area contributed by atoms with E-state index in [1.165, 1.54) is 38.8 Å². The number of hydrogen-bond donors (Lipinski definition) is 1. The van der Waals surface area contributed by atoms with Gasteiger partial charge in [0.15, 0.2) is 0 Å². The second-order valence-electron chi connectivity index (χ2n) is 6.71. The Morgan fingerprint density at radius 1 is 1.11 bits per heavy atom. The number of nitrogens with two attached hydrogens (primary N) is 1. The Kier molecular flexibility index (Phi) is 3.65. The van der Waals surface area contributed by atoms with E-state index in [9.17, 15) is 0 Å². The highest BCUT2D eigenvalue weighted by Gasteiger charge is 2.49. The van der Waals surface area contributed by atoms with Gasteiger partial charge in [-0.1, -0.05) is 0 Å². The zero-order valence-electron chi connectivity index (χ0n) is 11.7. The van der Waals surface area contributed by atoms with Crippen LogP contribution in [-0.4, -0.2) is 42.8 Å². The second kappa shape index (κ2) is 5.10. The van der Waals surface area contributed by atoms with Crippen LogP contribution in [0.2, 0.25) is 0 Å². The SMILES string of the molecule is CCOC1CC(CN)(N(CC2CC2)CC2CC2)C1. The van der Waals surface area contributed by atoms with Gasteiger partial charge in [0.1, 0.15) is 0 Å². The molecule has 0 bridgehead atoms. The molecule has 0 aromatic rings. The molecule has 3 saturated carbocycles. The third-order valence-corrected chi connectivity index (χ3v) is 5.02. The van der Waals surface area contributed by atoms with Crippen LogP contribution in [0.1, 0.15) is 45.4 Å². The van der Waals surface area contributed by atoms with Crippen LogP contribution >= 0.6 is 0 Å². The first-order chi connectivity index (χ1) is 8.75. The Labute approximate surface area is 111 Å². The zero-order valence-corrected chi connectivity index (χ0v) is 11.7. The van der Waals surface area contributed by atoms with Crippen LogP contribution in [0.5, 0.6) is 0 Å². The maximum Gasteiger partial charge on any atom is 0.0611 e. The predicted octanol–water partition coefficient (Wildman–Crippen LogP) is 2.00. The first-order valence-electron chi connectivity index (χ1n) is 7.82. The molecule has 3 aliphatic carbocycles. The van der Waals surface area contributed by atoms with Crippen LogP contribution in [0.3, 0.4) is 0 Å². The quantitative estimate of drug-likeness (QED) is 0.718. The summed E-state index contributed by atoms with van der Waals surface area (Å²) >= 11 is 0. The molecule has 2 N–H and O–H groups in total. The molecule has 0 aromatic heterocycles. The van der Waals surface area contributed by atoms with Gasteiger partial charge in [-0.3, -0.25) is 4.90 Å². The fourth-order valence-electron chi connectivity index (χ4n) is 3.38. The fraction of sp³-hybridized carbons (Fsp3) is 1.00. The molecule has 0 aliphatic heterocycles. The van der Waals surface area contributed by atoms with Gasteiger partial charge in [-0.05, 0) is 57.3 Å². The first-order valence-corrected chi connectivity index (χ1v) is 7.82. The Hall–Kier alpha value is -0.120. The summed E-state index contributed by atoms with van der Waals surface area (Å²) in [6, 6.07) is 0. The largest absolute Gasteiger partial charge is 0.378 e. The van der Waals surface area contributed by atoms with Crippen molar-refractivity contribution in [2.24, 2.45) is 17.6 Å². The maximum atomic E-state index is 6.12. The minimum atomic E-state index is 0.283. The summed E-state index contributed by atoms with van der Waals surface area (Å²) in [6.45, 7) is 6.35. The molecule has 0 radical (unpaired) electrons. The third-order valence-electron chi connectivity index (χ3n) is 5.02. The number of nitrogens with zero attached hydrogens (tertiary/aromatic N) is 1. The standard InChI is InChI=1S/C15H28N2O/c1-2-18-14-7-15(8-14,11-16)17(9-12-3-4-12)10-13-5-6-13/h12-14H,2-11,16H2,1H3. The summed E-state index contributed by atoms with van der Waals surface area (Å²) in [5.74, 6) is 1.94. The Morgan fingerprint density at radius 2 is 1.67 bits per heavy atom. The maximum absolute atomic E-state index is 6.12. The van der Waals surface area contributed by atoms with E-state index >= 15 is 0 Å². The van der Waals surface area contributed by atoms with E-state index in [4.69, 9.17) is 10.5 Å². The van der Waals surface area contributed by atoms with E-state index in [0.717, 1.165) is 37.8 Å². The molecule has 0 aromatic carbocycles. The number of ether oxygens (including phenoxy) is 1. The molecule has 3 heteroatoms. The van der Waals surface area contributed by atoms with Crippen molar-refractivity contribution < 1.29 is 4.74 Å². The summed E-state index contributed by atoms with van der Waals surface area (Å²) in [5, 5.41) is 0. The lowest BCUT2D eigenvalue weighted by atomic mass is 9.72. The molecule has 3 nitrogen and oxygen atoms in total. The van der Waals surface area contributed by atoms with Crippen molar-refractivity contribution in [2.45, 2.75) is 57.1 Å². The first kappa shape index (κ1) is 12.9. The average Bonchev–Trinajstić information content (AvgIpc) is 3.16. The monoisotopic (exact) mass is 252 g/mol. The van der Waals surface area contributed by atoms with E-state index in [1.807, 2.05) is 0 Å². The predicted molar refractivity (Wildman–Crippen MR) is 73.5 cm³/mol. The van der Waals surface area contributed by atoms with Gasteiger partial charge in [0.2, 0.25) is 0 Å². The molecule has 3 fully saturated rings. The summed E-state index contributed by atoms with van der Waals surface area (Å²) in [5.41, 5.74) is 6.41. The Morgan fingerprint density at radius 3 is 2.06 bits per heavy atom. The number of rotatable bonds is 8. The summed E-state index contributed by atoms with van der Waals surface area (Å²) in [7, 11) is 0. The Balaban J connectivity index is 1.59. The van der Waals surface area contributed by atoms with E-state index < -0.39 is 0 Å². The molecule has 0 unspecified atom stereocenters. The van der Waals surface area contributed by atoms with Crippen LogP contribution in [0.4, 0.5) is 0 Å². The third kappa shape index (κ3) is 2.73. The van der Waals surface area contributed by atoms with Crippen molar-refractivity contribution in [1.29, 1.82) is 0 Å². The molecule has 0 saturated heterocycles. The van der Waals surface area contributed by atoms with Crippen LogP contribution in [0, 0.1) is 11.8 Å². The van der Waals surface area contributed by atoms with Gasteiger partial charge in [0.05, 0.1) is 6.10 Å². The lowest BCUT2D eigenvalue weighted by Crippen LogP contribution is -2.64. The molecule has 3 rings (SSSR count). The van der Waals surface area contributed by atoms with Crippen LogP contribution in [-0.2, 0) is 4.74 Å². The molecule has 0 atom stereocenters. The van der Waals surface area contributed by atoms with Gasteiger partial charge < -0.3 is 10.5 Å². The van der Waals surface area contributed by atoms with Crippen molar-refractivity contribution in [3.8, 4) is 0 Å². The Bertz CT molecular complexity index is 266. The minimum Gasteiger partial charge on any atom is -0.378 e. The van der Waals surface area contributed by atoms with Crippen LogP contribution in [0.15, 0.2) is 0 Å². The van der Waals surface area contributed by atoms with E-state index in [-0.39, 0.29) is 5.54 Å². The van der Waals surface area contributed by atoms with Gasteiger partial charge in [0.25, 0.3) is 0 Å². The molecule has 18 heavy (non-hydrogen) atoms. The highest BCUT2D eigenvalue weighted by molar-refractivity contribution is 5.06. The highest BCUT2D eigenvalue weighted by Crippen LogP contribution is 2.44. The molecule has 0 amide bonds. The molecular formula is C15H28N2O. The molecule has 0 heterocycles. The zero-order chi connectivity index (χ0) is 12.6. The molecule has 3 aliphatic rings. The van der Waals surface area contributed by atoms with E-state index in [1.54, 1.807) is 0 Å².